The summed E-state index contributed by atoms with van der Waals surface area (Å²) in [7, 11) is 0. The van der Waals surface area contributed by atoms with Crippen LogP contribution in [0.5, 0.6) is 0 Å². The van der Waals surface area contributed by atoms with Crippen molar-refractivity contribution in [3.63, 3.8) is 0 Å². The highest BCUT2D eigenvalue weighted by Gasteiger charge is 2.24. The lowest BCUT2D eigenvalue weighted by molar-refractivity contribution is 0.154. The van der Waals surface area contributed by atoms with Gasteiger partial charge in [0.25, 0.3) is 0 Å². The molecule has 1 saturated heterocycles. The Bertz CT molecular complexity index is 315. The maximum absolute atomic E-state index is 12.4. The van der Waals surface area contributed by atoms with Crippen molar-refractivity contribution < 1.29 is 4.79 Å². The van der Waals surface area contributed by atoms with E-state index in [-0.39, 0.29) is 6.03 Å². The van der Waals surface area contributed by atoms with Gasteiger partial charge in [-0.1, -0.05) is 26.2 Å². The quantitative estimate of drug-likeness (QED) is 0.846. The number of urea groups is 1. The molecule has 1 atom stereocenters. The highest BCUT2D eigenvalue weighted by Crippen LogP contribution is 2.22. The van der Waals surface area contributed by atoms with Gasteiger partial charge >= 0.3 is 6.03 Å². The maximum Gasteiger partial charge on any atom is 0.317 e. The third-order valence-electron chi connectivity index (χ3n) is 5.06. The van der Waals surface area contributed by atoms with Crippen LogP contribution in [0.4, 0.5) is 4.79 Å². The summed E-state index contributed by atoms with van der Waals surface area (Å²) in [6, 6.07) is 0.619. The zero-order chi connectivity index (χ0) is 15.1. The van der Waals surface area contributed by atoms with Crippen molar-refractivity contribution in [3.8, 4) is 0 Å². The molecule has 0 spiro atoms. The summed E-state index contributed by atoms with van der Waals surface area (Å²) in [5.74, 6) is 0.809. The first-order valence-corrected chi connectivity index (χ1v) is 8.97. The Morgan fingerprint density at radius 3 is 2.62 bits per heavy atom. The Morgan fingerprint density at radius 1 is 1.19 bits per heavy atom. The topological polar surface area (TPSA) is 35.6 Å². The first kappa shape index (κ1) is 16.6. The standard InChI is InChI=1S/C17H33N3O/c1-3-20(16-9-5-4-6-10-16)17(21)18-11-13-19-12-7-8-15(2)14-19/h15-16H,3-14H2,1-2H3,(H,18,21). The maximum atomic E-state index is 12.4. The predicted octanol–water partition coefficient (Wildman–Crippen LogP) is 3.08. The van der Waals surface area contributed by atoms with Gasteiger partial charge in [0.05, 0.1) is 0 Å². The fraction of sp³-hybridized carbons (Fsp3) is 0.941. The van der Waals surface area contributed by atoms with Crippen LogP contribution in [0.3, 0.4) is 0 Å². The van der Waals surface area contributed by atoms with E-state index in [4.69, 9.17) is 0 Å². The second-order valence-corrected chi connectivity index (χ2v) is 6.86. The number of nitrogens with one attached hydrogen (secondary N) is 1. The SMILES string of the molecule is CCN(C(=O)NCCN1CCCC(C)C1)C1CCCCC1. The van der Waals surface area contributed by atoms with Crippen molar-refractivity contribution in [1.82, 2.24) is 15.1 Å². The van der Waals surface area contributed by atoms with Crippen molar-refractivity contribution in [2.75, 3.05) is 32.7 Å². The molecule has 2 fully saturated rings. The van der Waals surface area contributed by atoms with E-state index in [0.29, 0.717) is 6.04 Å². The van der Waals surface area contributed by atoms with E-state index in [2.05, 4.69) is 29.0 Å². The van der Waals surface area contributed by atoms with Gasteiger partial charge in [-0.15, -0.1) is 0 Å². The van der Waals surface area contributed by atoms with E-state index >= 15 is 0 Å². The van der Waals surface area contributed by atoms with E-state index in [9.17, 15) is 4.79 Å². The van der Waals surface area contributed by atoms with Crippen LogP contribution in [0.1, 0.15) is 58.8 Å². The average molecular weight is 295 g/mol. The fourth-order valence-corrected chi connectivity index (χ4v) is 3.87. The molecule has 2 rings (SSSR count). The summed E-state index contributed by atoms with van der Waals surface area (Å²) in [6.45, 7) is 9.42. The molecule has 1 aliphatic heterocycles. The highest BCUT2D eigenvalue weighted by molar-refractivity contribution is 5.74. The molecule has 0 aromatic heterocycles. The summed E-state index contributed by atoms with van der Waals surface area (Å²) in [4.78, 5) is 16.9. The molecule has 1 N–H and O–H groups in total. The Kier molecular flexibility index (Phi) is 6.81. The van der Waals surface area contributed by atoms with Crippen LogP contribution < -0.4 is 5.32 Å². The number of nitrogens with zero attached hydrogens (tertiary/aromatic N) is 2. The molecule has 0 radical (unpaired) electrons. The molecule has 4 nitrogen and oxygen atoms in total. The number of carbonyl (C=O) groups is 1. The first-order valence-electron chi connectivity index (χ1n) is 8.97. The van der Waals surface area contributed by atoms with Gasteiger partial charge < -0.3 is 15.1 Å². The van der Waals surface area contributed by atoms with Crippen molar-refractivity contribution in [1.29, 1.82) is 0 Å². The number of rotatable bonds is 5. The lowest BCUT2D eigenvalue weighted by atomic mass is 9.94. The number of carbonyl (C=O) groups excluding carboxylic acids is 1. The minimum atomic E-state index is 0.148. The molecule has 0 aromatic carbocycles. The summed E-state index contributed by atoms with van der Waals surface area (Å²) in [5, 5.41) is 3.14. The minimum absolute atomic E-state index is 0.148. The Labute approximate surface area is 130 Å². The lowest BCUT2D eigenvalue weighted by Gasteiger charge is -2.34. The van der Waals surface area contributed by atoms with Crippen molar-refractivity contribution in [3.05, 3.63) is 0 Å². The normalized spacial score (nSPS) is 24.8. The van der Waals surface area contributed by atoms with E-state index in [1.807, 2.05) is 0 Å². The van der Waals surface area contributed by atoms with Crippen LogP contribution in [-0.2, 0) is 0 Å². The van der Waals surface area contributed by atoms with Gasteiger partial charge in [-0.2, -0.15) is 0 Å². The van der Waals surface area contributed by atoms with Crippen LogP contribution in [-0.4, -0.2) is 54.6 Å². The van der Waals surface area contributed by atoms with Crippen LogP contribution in [0.25, 0.3) is 0 Å². The monoisotopic (exact) mass is 295 g/mol. The molecule has 1 aliphatic carbocycles. The zero-order valence-electron chi connectivity index (χ0n) is 13.9. The van der Waals surface area contributed by atoms with Gasteiger partial charge in [0, 0.05) is 32.2 Å². The molecule has 2 amide bonds. The lowest BCUT2D eigenvalue weighted by Crippen LogP contribution is -2.48. The Hall–Kier alpha value is -0.770. The second-order valence-electron chi connectivity index (χ2n) is 6.86. The molecule has 122 valence electrons. The van der Waals surface area contributed by atoms with Gasteiger partial charge in [-0.05, 0) is 45.1 Å². The smallest absolute Gasteiger partial charge is 0.317 e. The van der Waals surface area contributed by atoms with Gasteiger partial charge in [0.1, 0.15) is 0 Å². The molecule has 21 heavy (non-hydrogen) atoms. The fourth-order valence-electron chi connectivity index (χ4n) is 3.87. The number of hydrogen-bond donors (Lipinski definition) is 1. The van der Waals surface area contributed by atoms with E-state index in [0.717, 1.165) is 25.6 Å². The molecule has 2 aliphatic rings. The number of likely N-dealkylation sites (tertiary alicyclic amines) is 1. The van der Waals surface area contributed by atoms with Gasteiger partial charge in [0.2, 0.25) is 0 Å². The molecule has 4 heteroatoms. The van der Waals surface area contributed by atoms with Crippen LogP contribution in [0, 0.1) is 5.92 Å². The minimum Gasteiger partial charge on any atom is -0.337 e. The molecular weight excluding hydrogens is 262 g/mol. The number of hydrogen-bond acceptors (Lipinski definition) is 2. The second kappa shape index (κ2) is 8.62. The van der Waals surface area contributed by atoms with Crippen LogP contribution >= 0.6 is 0 Å². The van der Waals surface area contributed by atoms with Crippen molar-refractivity contribution in [2.45, 2.75) is 64.8 Å². The molecular formula is C17H33N3O. The average Bonchev–Trinajstić information content (AvgIpc) is 2.49. The van der Waals surface area contributed by atoms with Gasteiger partial charge in [-0.25, -0.2) is 4.79 Å². The number of amides is 2. The largest absolute Gasteiger partial charge is 0.337 e. The Morgan fingerprint density at radius 2 is 1.95 bits per heavy atom. The van der Waals surface area contributed by atoms with E-state index in [1.54, 1.807) is 0 Å². The summed E-state index contributed by atoms with van der Waals surface area (Å²) in [6.07, 6.45) is 8.92. The van der Waals surface area contributed by atoms with Crippen LogP contribution in [0.2, 0.25) is 0 Å². The molecule has 0 aromatic rings. The third kappa shape index (κ3) is 5.17. The van der Waals surface area contributed by atoms with E-state index in [1.165, 1.54) is 58.0 Å². The highest BCUT2D eigenvalue weighted by atomic mass is 16.2. The molecule has 1 heterocycles. The number of piperidine rings is 1. The summed E-state index contributed by atoms with van der Waals surface area (Å²) >= 11 is 0. The van der Waals surface area contributed by atoms with Gasteiger partial charge in [0.15, 0.2) is 0 Å². The molecule has 1 saturated carbocycles. The van der Waals surface area contributed by atoms with Crippen LogP contribution in [0.15, 0.2) is 0 Å². The summed E-state index contributed by atoms with van der Waals surface area (Å²) in [5.41, 5.74) is 0. The third-order valence-corrected chi connectivity index (χ3v) is 5.06. The summed E-state index contributed by atoms with van der Waals surface area (Å²) < 4.78 is 0. The van der Waals surface area contributed by atoms with Crippen molar-refractivity contribution >= 4 is 6.03 Å². The van der Waals surface area contributed by atoms with E-state index < -0.39 is 0 Å². The molecule has 1 unspecified atom stereocenters. The van der Waals surface area contributed by atoms with Crippen molar-refractivity contribution in [2.24, 2.45) is 5.92 Å². The predicted molar refractivity (Wildman–Crippen MR) is 87.5 cm³/mol. The Balaban J connectivity index is 1.69. The first-order chi connectivity index (χ1) is 10.2. The zero-order valence-corrected chi connectivity index (χ0v) is 13.9. The van der Waals surface area contributed by atoms with Gasteiger partial charge in [-0.3, -0.25) is 0 Å². The molecule has 0 bridgehead atoms.